The highest BCUT2D eigenvalue weighted by Gasteiger charge is 2.14. The average molecular weight is 1170 g/mol. The molecule has 0 atom stereocenters. The van der Waals surface area contributed by atoms with E-state index in [2.05, 4.69) is 21.3 Å². The van der Waals surface area contributed by atoms with Crippen LogP contribution in [0, 0.1) is 5.92 Å². The fourth-order valence-corrected chi connectivity index (χ4v) is 9.42. The summed E-state index contributed by atoms with van der Waals surface area (Å²) in [5.41, 5.74) is 0. The minimum absolute atomic E-state index is 0.0690. The summed E-state index contributed by atoms with van der Waals surface area (Å²) in [4.78, 5) is 106. The molecule has 0 aromatic carbocycles. The minimum Gasteiger partial charge on any atom is -0.481 e. The number of unbranched alkanes of at least 4 members (excludes halogenated alkanes) is 26. The topological polar surface area (TPSA) is 270 Å². The maximum absolute atomic E-state index is 12.6. The summed E-state index contributed by atoms with van der Waals surface area (Å²) in [7, 11) is 0. The van der Waals surface area contributed by atoms with E-state index in [9.17, 15) is 43.2 Å². The van der Waals surface area contributed by atoms with Gasteiger partial charge in [0.05, 0.1) is 39.6 Å². The zero-order valence-electron chi connectivity index (χ0n) is 51.3. The molecule has 0 aromatic rings. The van der Waals surface area contributed by atoms with Crippen molar-refractivity contribution in [3.8, 4) is 0 Å². The molecule has 0 bridgehead atoms. The molecule has 476 valence electrons. The molecular formula is C64H116N4O14. The van der Waals surface area contributed by atoms with Gasteiger partial charge in [0, 0.05) is 103 Å². The van der Waals surface area contributed by atoms with Crippen LogP contribution in [0.5, 0.6) is 0 Å². The fraction of sp³-hybridized carbons (Fsp3) is 0.859. The lowest BCUT2D eigenvalue weighted by molar-refractivity contribution is -0.138. The second-order valence-corrected chi connectivity index (χ2v) is 22.6. The highest BCUT2D eigenvalue weighted by molar-refractivity contribution is 5.79. The molecule has 0 saturated heterocycles. The van der Waals surface area contributed by atoms with Crippen LogP contribution in [-0.2, 0) is 57.4 Å². The third-order valence-corrected chi connectivity index (χ3v) is 14.5. The Balaban J connectivity index is 4.40. The molecule has 82 heavy (non-hydrogen) atoms. The first-order valence-electron chi connectivity index (χ1n) is 32.5. The Morgan fingerprint density at radius 3 is 0.817 bits per heavy atom. The number of Topliss-reactive ketones (excluding diaryl/α,β-unsaturated/α-hetero) is 3. The number of hydrogen-bond acceptors (Lipinski definition) is 12. The van der Waals surface area contributed by atoms with Crippen molar-refractivity contribution in [3.05, 3.63) is 0 Å². The van der Waals surface area contributed by atoms with Crippen molar-refractivity contribution in [2.75, 3.05) is 65.8 Å². The van der Waals surface area contributed by atoms with Crippen LogP contribution >= 0.6 is 0 Å². The molecule has 4 amide bonds. The van der Waals surface area contributed by atoms with Crippen LogP contribution in [0.4, 0.5) is 0 Å². The van der Waals surface area contributed by atoms with Gasteiger partial charge in [-0.05, 0) is 84.0 Å². The molecule has 6 N–H and O–H groups in total. The van der Waals surface area contributed by atoms with Crippen molar-refractivity contribution in [1.82, 2.24) is 21.3 Å². The standard InChI is InChI=1S/C64H116N4O14/c1-55(69)34-22-10-2-3-11-23-35-57(70)36-24-12-4-5-13-25-37-58(71)42-49-80-52-56(53-81-50-43-61(74)67-47-32-18-6-14-26-38-59(72)65-45-30-20-8-16-28-40-63(76)77)54-82-51-44-62(75)68-48-33-19-7-15-27-39-60(73)66-46-31-21-9-17-29-41-64(78)79/h56H,2-54H2,1H3,(H,65,72)(H,66,73)(H,67,74)(H,68,75)(H,76,77)(H,78,79). The predicted octanol–water partition coefficient (Wildman–Crippen LogP) is 11.8. The average Bonchev–Trinajstić information content (AvgIpc) is 3.43. The fourth-order valence-electron chi connectivity index (χ4n) is 9.42. The first-order valence-corrected chi connectivity index (χ1v) is 32.5. The van der Waals surface area contributed by atoms with E-state index in [0.717, 1.165) is 193 Å². The van der Waals surface area contributed by atoms with E-state index < -0.39 is 11.9 Å². The Bertz CT molecular complexity index is 1460. The van der Waals surface area contributed by atoms with Crippen LogP contribution in [0.1, 0.15) is 283 Å². The van der Waals surface area contributed by atoms with Crippen LogP contribution < -0.4 is 21.3 Å². The molecule has 0 aliphatic carbocycles. The van der Waals surface area contributed by atoms with E-state index >= 15 is 0 Å². The van der Waals surface area contributed by atoms with Crippen LogP contribution in [0.15, 0.2) is 0 Å². The quantitative estimate of drug-likeness (QED) is 0.0309. The van der Waals surface area contributed by atoms with Crippen molar-refractivity contribution in [3.63, 3.8) is 0 Å². The van der Waals surface area contributed by atoms with Crippen molar-refractivity contribution in [2.24, 2.45) is 5.92 Å². The molecule has 0 spiro atoms. The van der Waals surface area contributed by atoms with Gasteiger partial charge in [-0.1, -0.05) is 128 Å². The Kier molecular flexibility index (Phi) is 56.7. The second-order valence-electron chi connectivity index (χ2n) is 22.6. The van der Waals surface area contributed by atoms with Gasteiger partial charge in [0.25, 0.3) is 0 Å². The van der Waals surface area contributed by atoms with Gasteiger partial charge in [-0.15, -0.1) is 0 Å². The van der Waals surface area contributed by atoms with Gasteiger partial charge in [-0.3, -0.25) is 38.4 Å². The summed E-state index contributed by atoms with van der Waals surface area (Å²) in [5, 5.41) is 29.3. The van der Waals surface area contributed by atoms with E-state index in [1.54, 1.807) is 6.92 Å². The second kappa shape index (κ2) is 59.9. The number of ether oxygens (including phenoxy) is 3. The first kappa shape index (κ1) is 77.7. The molecular weight excluding hydrogens is 1050 g/mol. The number of rotatable bonds is 65. The maximum Gasteiger partial charge on any atom is 0.303 e. The lowest BCUT2D eigenvalue weighted by atomic mass is 10.0. The summed E-state index contributed by atoms with van der Waals surface area (Å²) in [5.74, 6) is -0.919. The van der Waals surface area contributed by atoms with Crippen molar-refractivity contribution >= 4 is 52.9 Å². The number of hydrogen-bond donors (Lipinski definition) is 6. The number of aliphatic carboxylic acids is 2. The molecule has 0 aromatic heterocycles. The Hall–Kier alpha value is -4.29. The van der Waals surface area contributed by atoms with Crippen LogP contribution in [0.25, 0.3) is 0 Å². The number of amides is 4. The summed E-state index contributed by atoms with van der Waals surface area (Å²) in [6.07, 6.45) is 35.1. The van der Waals surface area contributed by atoms with Gasteiger partial charge in [0.2, 0.25) is 23.6 Å². The number of carbonyl (C=O) groups excluding carboxylic acids is 7. The highest BCUT2D eigenvalue weighted by Crippen LogP contribution is 2.15. The van der Waals surface area contributed by atoms with E-state index in [0.29, 0.717) is 116 Å². The maximum atomic E-state index is 12.6. The predicted molar refractivity (Wildman–Crippen MR) is 322 cm³/mol. The number of carbonyl (C=O) groups is 9. The normalized spacial score (nSPS) is 11.2. The SMILES string of the molecule is CC(=O)CCCCCCCCC(=O)CCCCCCCCC(=O)CCOCC(COCCC(=O)NCCCCCCCC(=O)NCCCCCCCC(=O)O)COCCC(=O)NCCCCCCCC(=O)NCCCCCCCC(=O)O. The van der Waals surface area contributed by atoms with Crippen molar-refractivity contribution < 1.29 is 67.6 Å². The van der Waals surface area contributed by atoms with Gasteiger partial charge in [-0.25, -0.2) is 0 Å². The van der Waals surface area contributed by atoms with Crippen molar-refractivity contribution in [2.45, 2.75) is 283 Å². The first-order chi connectivity index (χ1) is 39.8. The zero-order chi connectivity index (χ0) is 60.2. The number of ketones is 3. The lowest BCUT2D eigenvalue weighted by Gasteiger charge is -2.18. The van der Waals surface area contributed by atoms with Gasteiger partial charge in [0.1, 0.15) is 17.3 Å². The molecule has 0 fully saturated rings. The molecule has 18 heteroatoms. The molecule has 0 aliphatic rings. The summed E-state index contributed by atoms with van der Waals surface area (Å²) in [6.45, 7) is 5.77. The third-order valence-electron chi connectivity index (χ3n) is 14.5. The van der Waals surface area contributed by atoms with E-state index in [-0.39, 0.29) is 80.0 Å². The zero-order valence-corrected chi connectivity index (χ0v) is 51.3. The molecule has 0 radical (unpaired) electrons. The van der Waals surface area contributed by atoms with Crippen LogP contribution in [-0.4, -0.2) is 129 Å². The summed E-state index contributed by atoms with van der Waals surface area (Å²) >= 11 is 0. The van der Waals surface area contributed by atoms with Crippen LogP contribution in [0.2, 0.25) is 0 Å². The van der Waals surface area contributed by atoms with E-state index in [1.807, 2.05) is 0 Å². The minimum atomic E-state index is -0.756. The molecule has 0 unspecified atom stereocenters. The van der Waals surface area contributed by atoms with Gasteiger partial charge < -0.3 is 50.5 Å². The molecule has 18 nitrogen and oxygen atoms in total. The smallest absolute Gasteiger partial charge is 0.303 e. The number of nitrogens with one attached hydrogen (secondary N) is 4. The van der Waals surface area contributed by atoms with Crippen molar-refractivity contribution in [1.29, 1.82) is 0 Å². The van der Waals surface area contributed by atoms with Gasteiger partial charge >= 0.3 is 11.9 Å². The largest absolute Gasteiger partial charge is 0.481 e. The Morgan fingerprint density at radius 1 is 0.280 bits per heavy atom. The molecule has 0 rings (SSSR count). The lowest BCUT2D eigenvalue weighted by Crippen LogP contribution is -2.28. The monoisotopic (exact) mass is 1160 g/mol. The summed E-state index contributed by atoms with van der Waals surface area (Å²) < 4.78 is 17.7. The summed E-state index contributed by atoms with van der Waals surface area (Å²) in [6, 6.07) is 0. The van der Waals surface area contributed by atoms with E-state index in [1.165, 1.54) is 0 Å². The Labute approximate surface area is 494 Å². The third kappa shape index (κ3) is 61.8. The van der Waals surface area contributed by atoms with E-state index in [4.69, 9.17) is 24.4 Å². The van der Waals surface area contributed by atoms with Gasteiger partial charge in [0.15, 0.2) is 0 Å². The van der Waals surface area contributed by atoms with Crippen LogP contribution in [0.3, 0.4) is 0 Å². The number of carboxylic acid groups (broad SMARTS) is 2. The van der Waals surface area contributed by atoms with Gasteiger partial charge in [-0.2, -0.15) is 0 Å². The highest BCUT2D eigenvalue weighted by atomic mass is 16.5. The molecule has 0 heterocycles. The molecule has 0 saturated carbocycles. The Morgan fingerprint density at radius 2 is 0.512 bits per heavy atom. The molecule has 0 aliphatic heterocycles. The number of carboxylic acids is 2.